The lowest BCUT2D eigenvalue weighted by Gasteiger charge is -2.19. The number of carbonyl (C=O) groups excluding carboxylic acids is 1. The van der Waals surface area contributed by atoms with Crippen LogP contribution in [0.2, 0.25) is 0 Å². The largest absolute Gasteiger partial charge is 0.444 e. The first-order valence-corrected chi connectivity index (χ1v) is 10.7. The SMILES string of the molecule is CCOP(=O)(CCOCCn1cc(CNC(=O)OC(C)(C)C)nn1)OCC. The second-order valence-electron chi connectivity index (χ2n) is 6.61. The van der Waals surface area contributed by atoms with E-state index < -0.39 is 19.3 Å². The number of hydrogen-bond donors (Lipinski definition) is 1. The van der Waals surface area contributed by atoms with E-state index in [4.69, 9.17) is 18.5 Å². The van der Waals surface area contributed by atoms with Crippen LogP contribution in [0.3, 0.4) is 0 Å². The van der Waals surface area contributed by atoms with Crippen molar-refractivity contribution in [3.63, 3.8) is 0 Å². The number of nitrogens with zero attached hydrogens (tertiary/aromatic N) is 3. The molecule has 156 valence electrons. The minimum absolute atomic E-state index is 0.205. The third-order valence-electron chi connectivity index (χ3n) is 3.02. The first-order valence-electron chi connectivity index (χ1n) is 8.99. The van der Waals surface area contributed by atoms with Crippen molar-refractivity contribution in [2.45, 2.75) is 53.3 Å². The van der Waals surface area contributed by atoms with E-state index in [0.29, 0.717) is 32.1 Å². The first kappa shape index (κ1) is 23.6. The summed E-state index contributed by atoms with van der Waals surface area (Å²) < 4.78 is 34.9. The van der Waals surface area contributed by atoms with Gasteiger partial charge in [0, 0.05) is 0 Å². The van der Waals surface area contributed by atoms with E-state index in [9.17, 15) is 9.36 Å². The van der Waals surface area contributed by atoms with E-state index in [1.165, 1.54) is 0 Å². The maximum Gasteiger partial charge on any atom is 0.407 e. The van der Waals surface area contributed by atoms with E-state index in [0.717, 1.165) is 0 Å². The van der Waals surface area contributed by atoms with Crippen molar-refractivity contribution in [2.24, 2.45) is 0 Å². The van der Waals surface area contributed by atoms with Gasteiger partial charge in [-0.3, -0.25) is 4.57 Å². The Balaban J connectivity index is 2.27. The Kier molecular flexibility index (Phi) is 9.93. The number of nitrogens with one attached hydrogen (secondary N) is 1. The minimum Gasteiger partial charge on any atom is -0.444 e. The molecule has 27 heavy (non-hydrogen) atoms. The number of carbonyl (C=O) groups is 1. The molecule has 1 N–H and O–H groups in total. The monoisotopic (exact) mass is 406 g/mol. The predicted molar refractivity (Wildman–Crippen MR) is 99.6 cm³/mol. The van der Waals surface area contributed by atoms with Gasteiger partial charge in [0.1, 0.15) is 11.3 Å². The molecular weight excluding hydrogens is 375 g/mol. The quantitative estimate of drug-likeness (QED) is 0.416. The van der Waals surface area contributed by atoms with Crippen LogP contribution in [-0.2, 0) is 36.2 Å². The Morgan fingerprint density at radius 2 is 1.89 bits per heavy atom. The number of aromatic nitrogens is 3. The highest BCUT2D eigenvalue weighted by Crippen LogP contribution is 2.47. The Hall–Kier alpha value is -1.48. The Bertz CT molecular complexity index is 606. The molecule has 0 fully saturated rings. The maximum atomic E-state index is 12.3. The molecule has 0 spiro atoms. The summed E-state index contributed by atoms with van der Waals surface area (Å²) in [6.07, 6.45) is 1.41. The number of ether oxygens (including phenoxy) is 2. The lowest BCUT2D eigenvalue weighted by molar-refractivity contribution is 0.0523. The van der Waals surface area contributed by atoms with Crippen molar-refractivity contribution in [1.82, 2.24) is 20.3 Å². The second-order valence-corrected chi connectivity index (χ2v) is 8.80. The molecule has 1 heterocycles. The molecule has 0 radical (unpaired) electrons. The molecule has 0 atom stereocenters. The fraction of sp³-hybridized carbons (Fsp3) is 0.812. The molecule has 0 bridgehead atoms. The van der Waals surface area contributed by atoms with E-state index in [1.54, 1.807) is 45.5 Å². The molecule has 0 aromatic carbocycles. The summed E-state index contributed by atoms with van der Waals surface area (Å²) in [5.41, 5.74) is 0.0610. The number of rotatable bonds is 12. The van der Waals surface area contributed by atoms with Gasteiger partial charge in [0.25, 0.3) is 0 Å². The molecule has 1 aromatic heterocycles. The van der Waals surface area contributed by atoms with Gasteiger partial charge in [0.2, 0.25) is 0 Å². The fourth-order valence-electron chi connectivity index (χ4n) is 2.00. The summed E-state index contributed by atoms with van der Waals surface area (Å²) >= 11 is 0. The van der Waals surface area contributed by atoms with Crippen LogP contribution in [0, 0.1) is 0 Å². The normalized spacial score (nSPS) is 12.2. The lowest BCUT2D eigenvalue weighted by Crippen LogP contribution is -2.32. The van der Waals surface area contributed by atoms with Gasteiger partial charge < -0.3 is 23.8 Å². The van der Waals surface area contributed by atoms with Crippen molar-refractivity contribution in [3.05, 3.63) is 11.9 Å². The van der Waals surface area contributed by atoms with Gasteiger partial charge in [-0.05, 0) is 34.6 Å². The molecule has 0 unspecified atom stereocenters. The Morgan fingerprint density at radius 1 is 1.22 bits per heavy atom. The van der Waals surface area contributed by atoms with Crippen LogP contribution >= 0.6 is 7.60 Å². The van der Waals surface area contributed by atoms with Crippen molar-refractivity contribution < 1.29 is 27.9 Å². The molecular formula is C16H31N4O6P. The zero-order valence-electron chi connectivity index (χ0n) is 16.8. The molecule has 1 amide bonds. The van der Waals surface area contributed by atoms with Gasteiger partial charge in [0.05, 0.1) is 51.9 Å². The van der Waals surface area contributed by atoms with E-state index in [-0.39, 0.29) is 19.3 Å². The van der Waals surface area contributed by atoms with Crippen LogP contribution in [0.25, 0.3) is 0 Å². The minimum atomic E-state index is -3.07. The molecule has 1 rings (SSSR count). The number of hydrogen-bond acceptors (Lipinski definition) is 8. The third kappa shape index (κ3) is 10.4. The van der Waals surface area contributed by atoms with Crippen LogP contribution < -0.4 is 5.32 Å². The Labute approximate surface area is 160 Å². The zero-order valence-corrected chi connectivity index (χ0v) is 17.7. The highest BCUT2D eigenvalue weighted by molar-refractivity contribution is 7.53. The summed E-state index contributed by atoms with van der Waals surface area (Å²) in [4.78, 5) is 11.6. The summed E-state index contributed by atoms with van der Waals surface area (Å²) in [5, 5.41) is 10.6. The maximum absolute atomic E-state index is 12.3. The third-order valence-corrected chi connectivity index (χ3v) is 5.06. The molecule has 0 saturated heterocycles. The standard InChI is InChI=1S/C16H31N4O6P/c1-6-24-27(22,25-7-2)11-10-23-9-8-20-13-14(18-19-20)12-17-15(21)26-16(3,4)5/h13H,6-12H2,1-5H3,(H,17,21). The van der Waals surface area contributed by atoms with Crippen LogP contribution in [0.5, 0.6) is 0 Å². The Morgan fingerprint density at radius 3 is 2.48 bits per heavy atom. The molecule has 11 heteroatoms. The highest BCUT2D eigenvalue weighted by Gasteiger charge is 2.22. The molecule has 0 saturated carbocycles. The second kappa shape index (κ2) is 11.4. The van der Waals surface area contributed by atoms with Crippen molar-refractivity contribution >= 4 is 13.7 Å². The van der Waals surface area contributed by atoms with E-state index in [1.807, 2.05) is 0 Å². The van der Waals surface area contributed by atoms with Gasteiger partial charge in [-0.1, -0.05) is 5.21 Å². The van der Waals surface area contributed by atoms with E-state index in [2.05, 4.69) is 15.6 Å². The van der Waals surface area contributed by atoms with Crippen LogP contribution in [-0.4, -0.2) is 59.3 Å². The summed E-state index contributed by atoms with van der Waals surface area (Å²) in [6, 6.07) is 0. The van der Waals surface area contributed by atoms with Gasteiger partial charge in [-0.25, -0.2) is 9.48 Å². The highest BCUT2D eigenvalue weighted by atomic mass is 31.2. The smallest absolute Gasteiger partial charge is 0.407 e. The van der Waals surface area contributed by atoms with Crippen LogP contribution in [0.15, 0.2) is 6.20 Å². The average Bonchev–Trinajstić information content (AvgIpc) is 2.99. The molecule has 1 aromatic rings. The van der Waals surface area contributed by atoms with Gasteiger partial charge in [0.15, 0.2) is 0 Å². The summed E-state index contributed by atoms with van der Waals surface area (Å²) in [5.74, 6) is 0. The molecule has 0 aliphatic carbocycles. The lowest BCUT2D eigenvalue weighted by atomic mass is 10.2. The van der Waals surface area contributed by atoms with Crippen LogP contribution in [0.4, 0.5) is 4.79 Å². The van der Waals surface area contributed by atoms with Gasteiger partial charge in [-0.15, -0.1) is 5.10 Å². The summed E-state index contributed by atoms with van der Waals surface area (Å²) in [7, 11) is -3.07. The van der Waals surface area contributed by atoms with Crippen LogP contribution in [0.1, 0.15) is 40.3 Å². The molecule has 10 nitrogen and oxygen atoms in total. The summed E-state index contributed by atoms with van der Waals surface area (Å²) in [6.45, 7) is 10.9. The van der Waals surface area contributed by atoms with E-state index >= 15 is 0 Å². The molecule has 0 aliphatic heterocycles. The number of alkyl carbamates (subject to hydrolysis) is 1. The van der Waals surface area contributed by atoms with Crippen molar-refractivity contribution in [3.8, 4) is 0 Å². The fourth-order valence-corrected chi connectivity index (χ4v) is 3.47. The zero-order chi connectivity index (χ0) is 20.3. The first-order chi connectivity index (χ1) is 12.7. The number of amides is 1. The van der Waals surface area contributed by atoms with Crippen molar-refractivity contribution in [2.75, 3.05) is 32.6 Å². The topological polar surface area (TPSA) is 114 Å². The molecule has 0 aliphatic rings. The van der Waals surface area contributed by atoms with Gasteiger partial charge >= 0.3 is 13.7 Å². The van der Waals surface area contributed by atoms with Crippen molar-refractivity contribution in [1.29, 1.82) is 0 Å². The average molecular weight is 406 g/mol. The van der Waals surface area contributed by atoms with Gasteiger partial charge in [-0.2, -0.15) is 0 Å². The predicted octanol–water partition coefficient (Wildman–Crippen LogP) is 2.59.